The first-order chi connectivity index (χ1) is 18.6. The number of halogens is 6. The van der Waals surface area contributed by atoms with Gasteiger partial charge in [0.05, 0.1) is 29.4 Å². The Labute approximate surface area is 225 Å². The number of nitrogens with zero attached hydrogens (tertiary/aromatic N) is 2. The van der Waals surface area contributed by atoms with Crippen LogP contribution in [0.3, 0.4) is 0 Å². The van der Waals surface area contributed by atoms with Crippen LogP contribution < -0.4 is 16.7 Å². The van der Waals surface area contributed by atoms with Gasteiger partial charge in [-0.25, -0.2) is 9.89 Å². The Morgan fingerprint density at radius 2 is 1.80 bits per heavy atom. The van der Waals surface area contributed by atoms with Gasteiger partial charge in [-0.1, -0.05) is 30.9 Å². The van der Waals surface area contributed by atoms with Crippen molar-refractivity contribution in [1.82, 2.24) is 20.1 Å². The normalized spacial score (nSPS) is 23.1. The Hall–Kier alpha value is -3.65. The Morgan fingerprint density at radius 3 is 2.25 bits per heavy atom. The summed E-state index contributed by atoms with van der Waals surface area (Å²) in [5.41, 5.74) is -0.324. The molecule has 1 saturated heterocycles. The van der Waals surface area contributed by atoms with Crippen LogP contribution in [-0.2, 0) is 27.4 Å². The first-order valence-corrected chi connectivity index (χ1v) is 12.1. The van der Waals surface area contributed by atoms with Gasteiger partial charge in [0.2, 0.25) is 5.91 Å². The molecule has 14 heteroatoms. The number of hydrogen-bond acceptors (Lipinski definition) is 5. The highest BCUT2D eigenvalue weighted by Gasteiger charge is 2.49. The van der Waals surface area contributed by atoms with Crippen LogP contribution in [0.5, 0.6) is 0 Å². The molecule has 0 radical (unpaired) electrons. The summed E-state index contributed by atoms with van der Waals surface area (Å²) in [5, 5.41) is 9.03. The van der Waals surface area contributed by atoms with Crippen LogP contribution in [0.2, 0.25) is 0 Å². The fourth-order valence-corrected chi connectivity index (χ4v) is 4.51. The summed E-state index contributed by atoms with van der Waals surface area (Å²) in [6, 6.07) is 1.28. The van der Waals surface area contributed by atoms with Gasteiger partial charge in [-0.15, -0.1) is 0 Å². The van der Waals surface area contributed by atoms with Gasteiger partial charge in [0, 0.05) is 6.54 Å². The minimum Gasteiger partial charge on any atom is -0.372 e. The topological polar surface area (TPSA) is 115 Å². The Balaban J connectivity index is 1.94. The second kappa shape index (κ2) is 11.5. The average Bonchev–Trinajstić information content (AvgIpc) is 3.32. The van der Waals surface area contributed by atoms with Gasteiger partial charge >= 0.3 is 18.0 Å². The van der Waals surface area contributed by atoms with Crippen molar-refractivity contribution in [2.75, 3.05) is 13.2 Å². The molecule has 0 saturated carbocycles. The maximum absolute atomic E-state index is 13.4. The smallest absolute Gasteiger partial charge is 0.372 e. The number of aromatic amines is 1. The molecule has 8 nitrogen and oxygen atoms in total. The lowest BCUT2D eigenvalue weighted by atomic mass is 9.75. The molecule has 1 amide bonds. The van der Waals surface area contributed by atoms with Crippen molar-refractivity contribution in [3.8, 4) is 0 Å². The van der Waals surface area contributed by atoms with Crippen LogP contribution in [-0.4, -0.2) is 39.4 Å². The van der Waals surface area contributed by atoms with Crippen molar-refractivity contribution in [2.24, 2.45) is 5.73 Å². The number of amides is 1. The number of alkyl halides is 6. The molecule has 1 aromatic heterocycles. The number of aromatic nitrogens is 3. The molecule has 1 fully saturated rings. The number of rotatable bonds is 9. The van der Waals surface area contributed by atoms with Crippen LogP contribution in [0.15, 0.2) is 65.8 Å². The van der Waals surface area contributed by atoms with Crippen molar-refractivity contribution < 1.29 is 35.9 Å². The first kappa shape index (κ1) is 30.9. The summed E-state index contributed by atoms with van der Waals surface area (Å²) in [6.07, 6.45) is -3.05. The predicted octanol–water partition coefficient (Wildman–Crippen LogP) is 4.38. The van der Waals surface area contributed by atoms with Gasteiger partial charge in [-0.2, -0.15) is 31.4 Å². The molecule has 3 rings (SSSR count). The molecule has 4 N–H and O–H groups in total. The Bertz CT molecular complexity index is 1320. The van der Waals surface area contributed by atoms with Gasteiger partial charge in [0.15, 0.2) is 0 Å². The molecule has 218 valence electrons. The zero-order valence-corrected chi connectivity index (χ0v) is 21.7. The molecule has 0 spiro atoms. The summed E-state index contributed by atoms with van der Waals surface area (Å²) >= 11 is 0. The lowest BCUT2D eigenvalue weighted by Gasteiger charge is -2.46. The van der Waals surface area contributed by atoms with E-state index in [1.807, 2.05) is 0 Å². The number of H-pyrrole nitrogens is 1. The lowest BCUT2D eigenvalue weighted by Crippen LogP contribution is -2.66. The fourth-order valence-electron chi connectivity index (χ4n) is 4.51. The third-order valence-corrected chi connectivity index (χ3v) is 7.03. The minimum atomic E-state index is -5.00. The van der Waals surface area contributed by atoms with E-state index in [1.54, 1.807) is 31.2 Å². The largest absolute Gasteiger partial charge is 0.416 e. The van der Waals surface area contributed by atoms with Gasteiger partial charge in [-0.05, 0) is 56.0 Å². The Morgan fingerprint density at radius 1 is 1.18 bits per heavy atom. The van der Waals surface area contributed by atoms with Crippen molar-refractivity contribution in [3.05, 3.63) is 88.2 Å². The molecular weight excluding hydrogens is 544 g/mol. The number of nitrogens with one attached hydrogen (secondary N) is 2. The highest BCUT2D eigenvalue weighted by molar-refractivity contribution is 5.83. The van der Waals surface area contributed by atoms with E-state index in [1.165, 1.54) is 6.92 Å². The quantitative estimate of drug-likeness (QED) is 0.304. The van der Waals surface area contributed by atoms with E-state index >= 15 is 0 Å². The molecule has 1 aliphatic heterocycles. The van der Waals surface area contributed by atoms with Crippen molar-refractivity contribution in [3.63, 3.8) is 0 Å². The molecule has 0 bridgehead atoms. The van der Waals surface area contributed by atoms with E-state index in [9.17, 15) is 35.9 Å². The molecule has 1 aliphatic rings. The first-order valence-electron chi connectivity index (χ1n) is 12.1. The molecule has 40 heavy (non-hydrogen) atoms. The molecule has 0 aliphatic carbocycles. The maximum Gasteiger partial charge on any atom is 0.416 e. The van der Waals surface area contributed by atoms with Crippen LogP contribution >= 0.6 is 0 Å². The molecule has 0 unspecified atom stereocenters. The fraction of sp³-hybridized carbons (Fsp3) is 0.423. The van der Waals surface area contributed by atoms with E-state index in [-0.39, 0.29) is 37.6 Å². The van der Waals surface area contributed by atoms with Crippen LogP contribution in [0.1, 0.15) is 49.5 Å². The van der Waals surface area contributed by atoms with Gasteiger partial charge in [0.25, 0.3) is 0 Å². The van der Waals surface area contributed by atoms with Gasteiger partial charge in [-0.3, -0.25) is 9.36 Å². The van der Waals surface area contributed by atoms with Crippen molar-refractivity contribution >= 4 is 5.91 Å². The highest BCUT2D eigenvalue weighted by Crippen LogP contribution is 2.39. The van der Waals surface area contributed by atoms with E-state index in [0.29, 0.717) is 17.7 Å². The zero-order valence-electron chi connectivity index (χ0n) is 21.7. The highest BCUT2D eigenvalue weighted by atomic mass is 19.4. The van der Waals surface area contributed by atoms with Crippen molar-refractivity contribution in [1.29, 1.82) is 0 Å². The molecule has 3 atom stereocenters. The second-order valence-corrected chi connectivity index (χ2v) is 9.57. The summed E-state index contributed by atoms with van der Waals surface area (Å²) in [4.78, 5) is 24.8. The predicted molar refractivity (Wildman–Crippen MR) is 134 cm³/mol. The number of benzene rings is 1. The molecule has 1 aromatic carbocycles. The third kappa shape index (κ3) is 6.39. The lowest BCUT2D eigenvalue weighted by molar-refractivity contribution is -0.143. The average molecular weight is 574 g/mol. The van der Waals surface area contributed by atoms with Crippen LogP contribution in [0.25, 0.3) is 0 Å². The molecule has 2 heterocycles. The van der Waals surface area contributed by atoms with Crippen LogP contribution in [0, 0.1) is 0 Å². The van der Waals surface area contributed by atoms with Gasteiger partial charge < -0.3 is 15.8 Å². The number of allylic oxidation sites excluding steroid dienone is 3. The summed E-state index contributed by atoms with van der Waals surface area (Å²) in [7, 11) is 0. The summed E-state index contributed by atoms with van der Waals surface area (Å²) < 4.78 is 87.1. The van der Waals surface area contributed by atoms with Crippen LogP contribution in [0.4, 0.5) is 26.3 Å². The number of carbonyl (C=O) groups is 1. The van der Waals surface area contributed by atoms with E-state index < -0.39 is 52.3 Å². The number of piperidine rings is 1. The maximum atomic E-state index is 13.4. The SMILES string of the molecule is C=C(/C=C\C=C/C)[C@]1(CO[C@H](C)c2cc(C(F)(F)F)cc(C(F)(F)F)c2)CC[C@](C(N)=O)(n2cn[nH]c2=O)CN1. The zero-order chi connectivity index (χ0) is 29.9. The number of primary amides is 1. The minimum absolute atomic E-state index is 0.0325. The number of ether oxygens (including phenoxy) is 1. The van der Waals surface area contributed by atoms with Crippen molar-refractivity contribution in [2.45, 2.75) is 56.2 Å². The van der Waals surface area contributed by atoms with Gasteiger partial charge in [0.1, 0.15) is 11.9 Å². The second-order valence-electron chi connectivity index (χ2n) is 9.57. The Kier molecular flexibility index (Phi) is 8.84. The number of nitrogens with two attached hydrogens (primary N) is 1. The van der Waals surface area contributed by atoms with E-state index in [0.717, 1.165) is 10.9 Å². The molecular formula is C26H29F6N5O3. The van der Waals surface area contributed by atoms with E-state index in [4.69, 9.17) is 10.5 Å². The van der Waals surface area contributed by atoms with E-state index in [2.05, 4.69) is 22.1 Å². The monoisotopic (exact) mass is 573 g/mol. The third-order valence-electron chi connectivity index (χ3n) is 7.03. The number of hydrogen-bond donors (Lipinski definition) is 3. The summed E-state index contributed by atoms with van der Waals surface area (Å²) in [6.45, 7) is 6.81. The molecule has 2 aromatic rings. The summed E-state index contributed by atoms with van der Waals surface area (Å²) in [5.74, 6) is -0.801. The standard InChI is InChI=1S/C26H29F6N5O3/c1-4-5-6-7-16(2)23(8-9-24(13-34-23,21(33)38)37-15-35-36-22(37)39)14-40-17(3)18-10-19(25(27,28)29)12-20(11-18)26(30,31)32/h4-7,10-12,15,17,34H,2,8-9,13-14H2,1,3H3,(H2,33,38)(H,36,39)/b5-4-,7-6-/t17-,23-,24+/m1/s1. The number of carbonyl (C=O) groups excluding carboxylic acids is 1.